The number of hydrogen-bond acceptors (Lipinski definition) is 4. The van der Waals surface area contributed by atoms with Crippen molar-refractivity contribution in [2.75, 3.05) is 0 Å². The van der Waals surface area contributed by atoms with Crippen LogP contribution in [-0.4, -0.2) is 17.2 Å². The Balaban J connectivity index is 1.71. The number of phenols is 1. The van der Waals surface area contributed by atoms with Crippen molar-refractivity contribution in [3.8, 4) is 17.1 Å². The van der Waals surface area contributed by atoms with Gasteiger partial charge in [-0.3, -0.25) is 4.79 Å². The van der Waals surface area contributed by atoms with Gasteiger partial charge in [-0.15, -0.1) is 0 Å². The molecule has 0 fully saturated rings. The summed E-state index contributed by atoms with van der Waals surface area (Å²) in [4.78, 5) is 11.9. The maximum absolute atomic E-state index is 11.9. The van der Waals surface area contributed by atoms with Crippen LogP contribution in [0, 0.1) is 0 Å². The summed E-state index contributed by atoms with van der Waals surface area (Å²) < 4.78 is 5.62. The average Bonchev–Trinajstić information content (AvgIpc) is 3.06. The first kappa shape index (κ1) is 17.1. The Morgan fingerprint density at radius 2 is 1.92 bits per heavy atom. The van der Waals surface area contributed by atoms with E-state index in [4.69, 9.17) is 27.6 Å². The van der Waals surface area contributed by atoms with E-state index in [2.05, 4.69) is 10.5 Å². The van der Waals surface area contributed by atoms with Gasteiger partial charge in [-0.1, -0.05) is 35.3 Å². The molecular weight excluding hydrogens is 363 g/mol. The first-order valence-electron chi connectivity index (χ1n) is 7.21. The minimum Gasteiger partial charge on any atom is -0.507 e. The molecule has 1 aromatic heterocycles. The van der Waals surface area contributed by atoms with Crippen LogP contribution in [0.15, 0.2) is 64.1 Å². The molecule has 1 heterocycles. The minimum absolute atomic E-state index is 0.119. The van der Waals surface area contributed by atoms with Crippen LogP contribution in [0.5, 0.6) is 5.75 Å². The van der Waals surface area contributed by atoms with Gasteiger partial charge in [-0.25, -0.2) is 5.43 Å². The number of phenolic OH excluding ortho intramolecular Hbond substituents is 1. The fourth-order valence-electron chi connectivity index (χ4n) is 2.13. The number of hydrazone groups is 1. The smallest absolute Gasteiger partial charge is 0.275 e. The second kappa shape index (κ2) is 7.42. The van der Waals surface area contributed by atoms with Crippen LogP contribution in [-0.2, 0) is 0 Å². The Morgan fingerprint density at radius 3 is 2.72 bits per heavy atom. The van der Waals surface area contributed by atoms with Gasteiger partial charge in [0.05, 0.1) is 16.8 Å². The molecule has 3 aromatic rings. The van der Waals surface area contributed by atoms with Crippen molar-refractivity contribution in [1.29, 1.82) is 0 Å². The number of carbonyl (C=O) groups excluding carboxylic acids is 1. The molecule has 7 heteroatoms. The lowest BCUT2D eigenvalue weighted by molar-refractivity contribution is 0.0952. The van der Waals surface area contributed by atoms with Gasteiger partial charge in [0.15, 0.2) is 0 Å². The van der Waals surface area contributed by atoms with Crippen molar-refractivity contribution in [3.63, 3.8) is 0 Å². The predicted molar refractivity (Wildman–Crippen MR) is 97.3 cm³/mol. The van der Waals surface area contributed by atoms with E-state index in [0.29, 0.717) is 27.1 Å². The van der Waals surface area contributed by atoms with Crippen molar-refractivity contribution in [1.82, 2.24) is 5.43 Å². The van der Waals surface area contributed by atoms with E-state index in [-0.39, 0.29) is 11.3 Å². The lowest BCUT2D eigenvalue weighted by Crippen LogP contribution is -2.17. The maximum atomic E-state index is 11.9. The van der Waals surface area contributed by atoms with Gasteiger partial charge >= 0.3 is 0 Å². The summed E-state index contributed by atoms with van der Waals surface area (Å²) in [6, 6.07) is 14.7. The highest BCUT2D eigenvalue weighted by atomic mass is 35.5. The number of hydrogen-bond donors (Lipinski definition) is 2. The van der Waals surface area contributed by atoms with Crippen molar-refractivity contribution in [3.05, 3.63) is 76.0 Å². The highest BCUT2D eigenvalue weighted by Gasteiger charge is 2.10. The zero-order valence-corrected chi connectivity index (χ0v) is 14.3. The van der Waals surface area contributed by atoms with Crippen LogP contribution < -0.4 is 5.43 Å². The molecular formula is C18H12Cl2N2O3. The first-order chi connectivity index (χ1) is 12.0. The van der Waals surface area contributed by atoms with Gasteiger partial charge in [0.1, 0.15) is 17.3 Å². The van der Waals surface area contributed by atoms with Crippen molar-refractivity contribution in [2.24, 2.45) is 5.10 Å². The number of benzene rings is 2. The third kappa shape index (κ3) is 4.02. The van der Waals surface area contributed by atoms with E-state index in [1.165, 1.54) is 18.3 Å². The summed E-state index contributed by atoms with van der Waals surface area (Å²) in [5.74, 6) is 0.301. The fraction of sp³-hybridized carbons (Fsp3) is 0. The van der Waals surface area contributed by atoms with E-state index >= 15 is 0 Å². The topological polar surface area (TPSA) is 74.8 Å². The Bertz CT molecular complexity index is 951. The Hall–Kier alpha value is -2.76. The van der Waals surface area contributed by atoms with E-state index in [9.17, 15) is 9.90 Å². The van der Waals surface area contributed by atoms with Crippen molar-refractivity contribution < 1.29 is 14.3 Å². The normalized spacial score (nSPS) is 11.0. The minimum atomic E-state index is -0.529. The Kier molecular flexibility index (Phi) is 5.07. The van der Waals surface area contributed by atoms with Crippen LogP contribution in [0.2, 0.25) is 10.0 Å². The van der Waals surface area contributed by atoms with E-state index in [0.717, 1.165) is 0 Å². The zero-order chi connectivity index (χ0) is 17.8. The van der Waals surface area contributed by atoms with Crippen LogP contribution in [0.1, 0.15) is 16.1 Å². The monoisotopic (exact) mass is 374 g/mol. The second-order valence-electron chi connectivity index (χ2n) is 5.04. The third-order valence-corrected chi connectivity index (χ3v) is 3.89. The number of halogens is 2. The number of carbonyl (C=O) groups is 1. The molecule has 0 unspecified atom stereocenters. The van der Waals surface area contributed by atoms with Crippen LogP contribution in [0.25, 0.3) is 11.3 Å². The number of nitrogens with zero attached hydrogens (tertiary/aromatic N) is 1. The molecule has 0 saturated carbocycles. The van der Waals surface area contributed by atoms with Gasteiger partial charge in [0.25, 0.3) is 5.91 Å². The average molecular weight is 375 g/mol. The van der Waals surface area contributed by atoms with Crippen molar-refractivity contribution >= 4 is 35.3 Å². The third-order valence-electron chi connectivity index (χ3n) is 3.33. The molecule has 2 aromatic carbocycles. The zero-order valence-electron chi connectivity index (χ0n) is 12.7. The van der Waals surface area contributed by atoms with Gasteiger partial charge < -0.3 is 9.52 Å². The lowest BCUT2D eigenvalue weighted by atomic mass is 10.2. The molecule has 5 nitrogen and oxygen atoms in total. The largest absolute Gasteiger partial charge is 0.507 e. The molecule has 0 radical (unpaired) electrons. The first-order valence-corrected chi connectivity index (χ1v) is 7.97. The number of rotatable bonds is 4. The SMILES string of the molecule is O=C(N/N=C/c1ccc(-c2cc(Cl)ccc2Cl)o1)c1ccccc1O. The highest BCUT2D eigenvalue weighted by molar-refractivity contribution is 6.35. The summed E-state index contributed by atoms with van der Waals surface area (Å²) in [5.41, 5.74) is 3.11. The Labute approximate surface area is 153 Å². The maximum Gasteiger partial charge on any atom is 0.275 e. The molecule has 0 spiro atoms. The second-order valence-corrected chi connectivity index (χ2v) is 5.89. The number of nitrogens with one attached hydrogen (secondary N) is 1. The summed E-state index contributed by atoms with van der Waals surface area (Å²) in [6.45, 7) is 0. The predicted octanol–water partition coefficient (Wildman–Crippen LogP) is 4.72. The van der Waals surface area contributed by atoms with Crippen molar-refractivity contribution in [2.45, 2.75) is 0 Å². The molecule has 0 saturated heterocycles. The number of furan rings is 1. The fourth-order valence-corrected chi connectivity index (χ4v) is 2.52. The van der Waals surface area contributed by atoms with Gasteiger partial charge in [-0.2, -0.15) is 5.10 Å². The molecule has 1 amide bonds. The molecule has 0 aliphatic carbocycles. The van der Waals surface area contributed by atoms with E-state index in [1.807, 2.05) is 0 Å². The number of aromatic hydroxyl groups is 1. The summed E-state index contributed by atoms with van der Waals surface area (Å²) in [6.07, 6.45) is 1.35. The molecule has 0 bridgehead atoms. The molecule has 0 aliphatic heterocycles. The molecule has 126 valence electrons. The van der Waals surface area contributed by atoms with Crippen LogP contribution in [0.4, 0.5) is 0 Å². The highest BCUT2D eigenvalue weighted by Crippen LogP contribution is 2.31. The lowest BCUT2D eigenvalue weighted by Gasteiger charge is -2.02. The quantitative estimate of drug-likeness (QED) is 0.512. The van der Waals surface area contributed by atoms with Gasteiger partial charge in [0.2, 0.25) is 0 Å². The molecule has 3 rings (SSSR count). The molecule has 2 N–H and O–H groups in total. The van der Waals surface area contributed by atoms with Gasteiger partial charge in [-0.05, 0) is 42.5 Å². The molecule has 25 heavy (non-hydrogen) atoms. The van der Waals surface area contributed by atoms with Crippen LogP contribution >= 0.6 is 23.2 Å². The summed E-state index contributed by atoms with van der Waals surface area (Å²) in [7, 11) is 0. The van der Waals surface area contributed by atoms with Crippen LogP contribution in [0.3, 0.4) is 0 Å². The standard InChI is InChI=1S/C18H12Cl2N2O3/c19-11-5-7-15(20)14(9-11)17-8-6-12(25-17)10-21-22-18(24)13-3-1-2-4-16(13)23/h1-10,23H,(H,22,24)/b21-10+. The Morgan fingerprint density at radius 1 is 1.12 bits per heavy atom. The molecule has 0 aliphatic rings. The summed E-state index contributed by atoms with van der Waals surface area (Å²) >= 11 is 12.1. The molecule has 0 atom stereocenters. The van der Waals surface area contributed by atoms with E-state index < -0.39 is 5.91 Å². The number of para-hydroxylation sites is 1. The van der Waals surface area contributed by atoms with Gasteiger partial charge in [0, 0.05) is 10.6 Å². The summed E-state index contributed by atoms with van der Waals surface area (Å²) in [5, 5.41) is 14.5. The number of amides is 1. The van der Waals surface area contributed by atoms with E-state index in [1.54, 1.807) is 42.5 Å².